The van der Waals surface area contributed by atoms with Gasteiger partial charge in [-0.15, -0.1) is 0 Å². The number of rotatable bonds is 4. The summed E-state index contributed by atoms with van der Waals surface area (Å²) >= 11 is 5.82. The van der Waals surface area contributed by atoms with Crippen molar-refractivity contribution in [1.29, 1.82) is 0 Å². The van der Waals surface area contributed by atoms with Gasteiger partial charge in [-0.3, -0.25) is 0 Å². The van der Waals surface area contributed by atoms with Crippen LogP contribution in [-0.4, -0.2) is 23.3 Å². The van der Waals surface area contributed by atoms with Crippen molar-refractivity contribution < 1.29 is 19.0 Å². The van der Waals surface area contributed by atoms with Crippen LogP contribution >= 0.6 is 11.6 Å². The van der Waals surface area contributed by atoms with Crippen LogP contribution in [0.4, 0.5) is 9.18 Å². The van der Waals surface area contributed by atoms with E-state index < -0.39 is 18.0 Å². The van der Waals surface area contributed by atoms with Crippen LogP contribution in [0.2, 0.25) is 5.02 Å². The molecule has 2 aromatic carbocycles. The maximum absolute atomic E-state index is 13.4. The molecule has 0 radical (unpaired) electrons. The van der Waals surface area contributed by atoms with Crippen LogP contribution in [0.25, 0.3) is 0 Å². The molecule has 1 saturated carbocycles. The van der Waals surface area contributed by atoms with E-state index in [2.05, 4.69) is 10.6 Å². The van der Waals surface area contributed by atoms with E-state index in [1.807, 2.05) is 24.3 Å². The molecule has 1 heterocycles. The number of amides is 2. The Morgan fingerprint density at radius 2 is 2.11 bits per heavy atom. The van der Waals surface area contributed by atoms with Crippen LogP contribution in [0.5, 0.6) is 5.75 Å². The smallest absolute Gasteiger partial charge is 0.315 e. The number of fused-ring (bicyclic) bond motifs is 1. The van der Waals surface area contributed by atoms with Crippen molar-refractivity contribution in [2.45, 2.75) is 43.4 Å². The molecule has 28 heavy (non-hydrogen) atoms. The summed E-state index contributed by atoms with van der Waals surface area (Å²) in [5, 5.41) is 16.1. The zero-order chi connectivity index (χ0) is 19.7. The quantitative estimate of drug-likeness (QED) is 0.713. The van der Waals surface area contributed by atoms with Gasteiger partial charge >= 0.3 is 6.03 Å². The van der Waals surface area contributed by atoms with E-state index in [4.69, 9.17) is 16.3 Å². The molecule has 2 unspecified atom stereocenters. The minimum atomic E-state index is -1.06. The minimum absolute atomic E-state index is 0.0539. The predicted octanol–water partition coefficient (Wildman–Crippen LogP) is 4.26. The lowest BCUT2D eigenvalue weighted by Crippen LogP contribution is -2.51. The first kappa shape index (κ1) is 19.0. The van der Waals surface area contributed by atoms with Crippen LogP contribution in [-0.2, 0) is 0 Å². The summed E-state index contributed by atoms with van der Waals surface area (Å²) in [4.78, 5) is 12.4. The maximum atomic E-state index is 13.4. The highest BCUT2D eigenvalue weighted by atomic mass is 35.5. The number of hydrogen-bond acceptors (Lipinski definition) is 3. The molecule has 0 aromatic heterocycles. The summed E-state index contributed by atoms with van der Waals surface area (Å²) in [6.45, 7) is -0.0539. The lowest BCUT2D eigenvalue weighted by Gasteiger charge is -2.48. The van der Waals surface area contributed by atoms with Gasteiger partial charge in [-0.05, 0) is 49.1 Å². The number of benzene rings is 2. The van der Waals surface area contributed by atoms with Gasteiger partial charge in [0.25, 0.3) is 0 Å². The Kier molecular flexibility index (Phi) is 5.17. The summed E-state index contributed by atoms with van der Waals surface area (Å²) in [6.07, 6.45) is 2.77. The van der Waals surface area contributed by atoms with Gasteiger partial charge in [0.2, 0.25) is 0 Å². The second-order valence-corrected chi connectivity index (χ2v) is 7.94. The van der Waals surface area contributed by atoms with Gasteiger partial charge in [-0.2, -0.15) is 0 Å². The van der Waals surface area contributed by atoms with Crippen LogP contribution in [0, 0.1) is 5.82 Å². The molecular weight excluding hydrogens is 383 g/mol. The summed E-state index contributed by atoms with van der Waals surface area (Å²) in [5.74, 6) is 0.281. The van der Waals surface area contributed by atoms with Crippen LogP contribution in [0.1, 0.15) is 49.0 Å². The van der Waals surface area contributed by atoms with Crippen LogP contribution in [0.15, 0.2) is 42.5 Å². The first-order valence-electron chi connectivity index (χ1n) is 9.40. The van der Waals surface area contributed by atoms with E-state index in [1.165, 1.54) is 12.1 Å². The third-order valence-electron chi connectivity index (χ3n) is 5.49. The zero-order valence-electron chi connectivity index (χ0n) is 15.3. The number of hydrogen-bond donors (Lipinski definition) is 3. The molecule has 7 heteroatoms. The topological polar surface area (TPSA) is 70.6 Å². The SMILES string of the molecule is O=C(NCC(O)c1cc(F)cc(Cl)c1)NC1CC2(CCC2)Oc2ccccc21. The fourth-order valence-electron chi connectivity index (χ4n) is 3.91. The molecule has 1 aliphatic carbocycles. The molecule has 1 aliphatic heterocycles. The highest BCUT2D eigenvalue weighted by Gasteiger charge is 2.45. The molecule has 0 saturated heterocycles. The van der Waals surface area contributed by atoms with E-state index in [9.17, 15) is 14.3 Å². The number of aliphatic hydroxyl groups excluding tert-OH is 1. The molecule has 5 nitrogen and oxygen atoms in total. The maximum Gasteiger partial charge on any atom is 0.315 e. The van der Waals surface area contributed by atoms with E-state index in [1.54, 1.807) is 0 Å². The Morgan fingerprint density at radius 3 is 2.82 bits per heavy atom. The Balaban J connectivity index is 1.39. The molecule has 1 fully saturated rings. The van der Waals surface area contributed by atoms with Crippen molar-refractivity contribution in [3.63, 3.8) is 0 Å². The third-order valence-corrected chi connectivity index (χ3v) is 5.71. The van der Waals surface area contributed by atoms with E-state index >= 15 is 0 Å². The number of ether oxygens (including phenoxy) is 1. The lowest BCUT2D eigenvalue weighted by atomic mass is 9.73. The van der Waals surface area contributed by atoms with E-state index in [0.29, 0.717) is 5.56 Å². The fourth-order valence-corrected chi connectivity index (χ4v) is 4.14. The van der Waals surface area contributed by atoms with E-state index in [0.717, 1.165) is 43.1 Å². The molecule has 3 N–H and O–H groups in total. The van der Waals surface area contributed by atoms with Crippen LogP contribution < -0.4 is 15.4 Å². The number of carbonyl (C=O) groups is 1. The van der Waals surface area contributed by atoms with Crippen molar-refractivity contribution in [2.75, 3.05) is 6.54 Å². The Morgan fingerprint density at radius 1 is 1.32 bits per heavy atom. The lowest BCUT2D eigenvalue weighted by molar-refractivity contribution is -0.0356. The second kappa shape index (κ2) is 7.60. The number of para-hydroxylation sites is 1. The van der Waals surface area contributed by atoms with Crippen molar-refractivity contribution in [3.05, 3.63) is 64.4 Å². The molecule has 2 atom stereocenters. The van der Waals surface area contributed by atoms with Crippen molar-refractivity contribution >= 4 is 17.6 Å². The van der Waals surface area contributed by atoms with Crippen molar-refractivity contribution in [3.8, 4) is 5.75 Å². The Hall–Kier alpha value is -2.31. The Labute approximate surface area is 167 Å². The molecule has 2 aliphatic rings. The number of aliphatic hydroxyl groups is 1. The molecule has 0 bridgehead atoms. The molecular formula is C21H22ClFN2O3. The van der Waals surface area contributed by atoms with Gasteiger partial charge in [-0.1, -0.05) is 29.8 Å². The highest BCUT2D eigenvalue weighted by molar-refractivity contribution is 6.30. The Bertz CT molecular complexity index is 867. The van der Waals surface area contributed by atoms with Gasteiger partial charge in [0.15, 0.2) is 0 Å². The molecule has 148 valence electrons. The first-order chi connectivity index (χ1) is 13.4. The average molecular weight is 405 g/mol. The number of nitrogens with one attached hydrogen (secondary N) is 2. The summed E-state index contributed by atoms with van der Waals surface area (Å²) in [5.41, 5.74) is 1.08. The molecule has 1 spiro atoms. The van der Waals surface area contributed by atoms with E-state index in [-0.39, 0.29) is 23.2 Å². The summed E-state index contributed by atoms with van der Waals surface area (Å²) < 4.78 is 19.6. The summed E-state index contributed by atoms with van der Waals surface area (Å²) in [6, 6.07) is 11.0. The standard InChI is InChI=1S/C21H22ClFN2O3/c22-14-8-13(9-15(23)10-14)18(26)12-24-20(27)25-17-11-21(6-3-7-21)28-19-5-2-1-4-16(17)19/h1-2,4-5,8-10,17-18,26H,3,6-7,11-12H2,(H2,24,25,27). The third kappa shape index (κ3) is 3.93. The summed E-state index contributed by atoms with van der Waals surface area (Å²) in [7, 11) is 0. The number of urea groups is 1. The average Bonchev–Trinajstić information content (AvgIpc) is 2.64. The minimum Gasteiger partial charge on any atom is -0.487 e. The molecule has 2 aromatic rings. The monoisotopic (exact) mass is 404 g/mol. The van der Waals surface area contributed by atoms with Gasteiger partial charge in [0.05, 0.1) is 12.1 Å². The fraction of sp³-hybridized carbons (Fsp3) is 0.381. The zero-order valence-corrected chi connectivity index (χ0v) is 16.0. The second-order valence-electron chi connectivity index (χ2n) is 7.51. The molecule has 2 amide bonds. The largest absolute Gasteiger partial charge is 0.487 e. The van der Waals surface area contributed by atoms with Gasteiger partial charge in [0.1, 0.15) is 17.2 Å². The van der Waals surface area contributed by atoms with Gasteiger partial charge < -0.3 is 20.5 Å². The first-order valence-corrected chi connectivity index (χ1v) is 9.78. The van der Waals surface area contributed by atoms with Crippen molar-refractivity contribution in [1.82, 2.24) is 10.6 Å². The van der Waals surface area contributed by atoms with Gasteiger partial charge in [0, 0.05) is 23.6 Å². The predicted molar refractivity (Wildman–Crippen MR) is 104 cm³/mol. The highest BCUT2D eigenvalue weighted by Crippen LogP contribution is 2.48. The number of carbonyl (C=O) groups excluding carboxylic acids is 1. The molecule has 4 rings (SSSR count). The number of halogens is 2. The van der Waals surface area contributed by atoms with Crippen LogP contribution in [0.3, 0.4) is 0 Å². The van der Waals surface area contributed by atoms with Gasteiger partial charge in [-0.25, -0.2) is 9.18 Å². The van der Waals surface area contributed by atoms with Crippen molar-refractivity contribution in [2.24, 2.45) is 0 Å². The normalized spacial score (nSPS) is 20.5.